The van der Waals surface area contributed by atoms with E-state index < -0.39 is 12.1 Å². The van der Waals surface area contributed by atoms with Crippen molar-refractivity contribution < 1.29 is 18.8 Å². The Morgan fingerprint density at radius 2 is 2.00 bits per heavy atom. The second-order valence-corrected chi connectivity index (χ2v) is 7.56. The summed E-state index contributed by atoms with van der Waals surface area (Å²) < 4.78 is 15.1. The first kappa shape index (κ1) is 21.4. The van der Waals surface area contributed by atoms with Gasteiger partial charge in [0, 0.05) is 32.1 Å². The number of halogens is 1. The van der Waals surface area contributed by atoms with Gasteiger partial charge in [0.15, 0.2) is 5.65 Å². The van der Waals surface area contributed by atoms with E-state index in [1.807, 2.05) is 28.8 Å². The van der Waals surface area contributed by atoms with E-state index in [1.165, 1.54) is 12.1 Å². The third-order valence-electron chi connectivity index (χ3n) is 5.34. The fourth-order valence-electron chi connectivity index (χ4n) is 3.66. The zero-order chi connectivity index (χ0) is 22.5. The van der Waals surface area contributed by atoms with Crippen LogP contribution in [0, 0.1) is 5.82 Å². The lowest BCUT2D eigenvalue weighted by Gasteiger charge is -2.13. The zero-order valence-electron chi connectivity index (χ0n) is 17.3. The summed E-state index contributed by atoms with van der Waals surface area (Å²) in [6.07, 6.45) is 3.06. The van der Waals surface area contributed by atoms with Gasteiger partial charge in [-0.05, 0) is 42.7 Å². The van der Waals surface area contributed by atoms with Gasteiger partial charge in [0.05, 0.1) is 0 Å². The summed E-state index contributed by atoms with van der Waals surface area (Å²) in [6.45, 7) is 0.544. The number of rotatable bonds is 9. The van der Waals surface area contributed by atoms with Gasteiger partial charge in [-0.3, -0.25) is 18.9 Å². The van der Waals surface area contributed by atoms with Crippen LogP contribution in [-0.4, -0.2) is 56.5 Å². The highest BCUT2D eigenvalue weighted by Crippen LogP contribution is 2.13. The average molecular weight is 438 g/mol. The van der Waals surface area contributed by atoms with Crippen LogP contribution in [0.4, 0.5) is 9.18 Å². The van der Waals surface area contributed by atoms with E-state index in [0.29, 0.717) is 24.9 Å². The van der Waals surface area contributed by atoms with Crippen LogP contribution in [-0.2, 0) is 22.4 Å². The lowest BCUT2D eigenvalue weighted by Crippen LogP contribution is -2.34. The molecule has 3 heterocycles. The fraction of sp³-hybridized carbons (Fsp3) is 0.318. The van der Waals surface area contributed by atoms with Gasteiger partial charge in [-0.25, -0.2) is 9.18 Å². The topological polar surface area (TPSA) is 109 Å². The normalized spacial score (nSPS) is 15.9. The van der Waals surface area contributed by atoms with Gasteiger partial charge < -0.3 is 10.6 Å². The van der Waals surface area contributed by atoms with Gasteiger partial charge in [0.1, 0.15) is 17.7 Å². The summed E-state index contributed by atoms with van der Waals surface area (Å²) in [7, 11) is 0. The Bertz CT molecular complexity index is 1150. The molecule has 9 nitrogen and oxygen atoms in total. The third-order valence-corrected chi connectivity index (χ3v) is 5.34. The SMILES string of the molecule is O=C(CC[C@@H]1NC(=O)N(CCc2cccc(F)c2)C1=O)NCCc1nnc2ccccn12. The molecule has 1 aliphatic heterocycles. The Balaban J connectivity index is 1.20. The largest absolute Gasteiger partial charge is 0.356 e. The van der Waals surface area contributed by atoms with Gasteiger partial charge in [-0.1, -0.05) is 18.2 Å². The maximum absolute atomic E-state index is 13.3. The van der Waals surface area contributed by atoms with Gasteiger partial charge in [-0.15, -0.1) is 10.2 Å². The van der Waals surface area contributed by atoms with Crippen molar-refractivity contribution in [3.8, 4) is 0 Å². The lowest BCUT2D eigenvalue weighted by atomic mass is 10.1. The number of benzene rings is 1. The Kier molecular flexibility index (Phi) is 6.39. The number of urea groups is 1. The molecular formula is C22H23FN6O3. The van der Waals surface area contributed by atoms with Crippen LogP contribution in [0.25, 0.3) is 5.65 Å². The average Bonchev–Trinajstić information content (AvgIpc) is 3.31. The Morgan fingerprint density at radius 1 is 1.12 bits per heavy atom. The summed E-state index contributed by atoms with van der Waals surface area (Å²) in [6, 6.07) is 10.4. The maximum atomic E-state index is 13.3. The molecule has 10 heteroatoms. The molecule has 1 aromatic carbocycles. The standard InChI is InChI=1S/C22H23FN6O3/c23-16-5-3-4-15(14-16)10-13-29-21(31)17(25-22(29)32)7-8-20(30)24-11-9-19-27-26-18-6-1-2-12-28(18)19/h1-6,12,14,17H,7-11,13H2,(H,24,30)(H,25,32)/t17-/m0/s1. The third kappa shape index (κ3) is 4.90. The Morgan fingerprint density at radius 3 is 2.84 bits per heavy atom. The number of aromatic nitrogens is 3. The highest BCUT2D eigenvalue weighted by atomic mass is 19.1. The molecule has 0 saturated carbocycles. The number of pyridine rings is 1. The molecule has 3 aromatic rings. The van der Waals surface area contributed by atoms with Crippen LogP contribution in [0.3, 0.4) is 0 Å². The summed E-state index contributed by atoms with van der Waals surface area (Å²) in [4.78, 5) is 38.0. The highest BCUT2D eigenvalue weighted by molar-refractivity contribution is 6.04. The number of nitrogens with one attached hydrogen (secondary N) is 2. The second kappa shape index (κ2) is 9.54. The minimum absolute atomic E-state index is 0.106. The molecule has 0 spiro atoms. The summed E-state index contributed by atoms with van der Waals surface area (Å²) >= 11 is 0. The maximum Gasteiger partial charge on any atom is 0.324 e. The smallest absolute Gasteiger partial charge is 0.324 e. The van der Waals surface area contributed by atoms with Crippen LogP contribution in [0.2, 0.25) is 0 Å². The molecule has 32 heavy (non-hydrogen) atoms. The van der Waals surface area contributed by atoms with Crippen LogP contribution in [0.5, 0.6) is 0 Å². The van der Waals surface area contributed by atoms with Crippen molar-refractivity contribution >= 4 is 23.5 Å². The first-order valence-corrected chi connectivity index (χ1v) is 10.4. The molecule has 1 atom stereocenters. The fourth-order valence-corrected chi connectivity index (χ4v) is 3.66. The van der Waals surface area contributed by atoms with Gasteiger partial charge in [0.25, 0.3) is 5.91 Å². The van der Waals surface area contributed by atoms with E-state index in [1.54, 1.807) is 12.1 Å². The molecule has 4 rings (SSSR count). The lowest BCUT2D eigenvalue weighted by molar-refractivity contribution is -0.127. The molecular weight excluding hydrogens is 415 g/mol. The van der Waals surface area contributed by atoms with Crippen molar-refractivity contribution in [3.05, 3.63) is 65.9 Å². The number of carbonyl (C=O) groups is 3. The summed E-state index contributed by atoms with van der Waals surface area (Å²) in [5.41, 5.74) is 1.44. The first-order valence-electron chi connectivity index (χ1n) is 10.4. The van der Waals surface area contributed by atoms with Crippen molar-refractivity contribution in [3.63, 3.8) is 0 Å². The molecule has 4 amide bonds. The van der Waals surface area contributed by atoms with Crippen LogP contribution in [0.15, 0.2) is 48.7 Å². The molecule has 0 radical (unpaired) electrons. The molecule has 0 unspecified atom stereocenters. The van der Waals surface area contributed by atoms with Crippen molar-refractivity contribution in [2.75, 3.05) is 13.1 Å². The number of hydrogen-bond acceptors (Lipinski definition) is 5. The van der Waals surface area contributed by atoms with E-state index in [9.17, 15) is 18.8 Å². The van der Waals surface area contributed by atoms with E-state index in [4.69, 9.17) is 0 Å². The van der Waals surface area contributed by atoms with Crippen molar-refractivity contribution in [2.24, 2.45) is 0 Å². The van der Waals surface area contributed by atoms with E-state index in [2.05, 4.69) is 20.8 Å². The van der Waals surface area contributed by atoms with E-state index >= 15 is 0 Å². The van der Waals surface area contributed by atoms with Crippen LogP contribution >= 0.6 is 0 Å². The van der Waals surface area contributed by atoms with E-state index in [0.717, 1.165) is 16.4 Å². The van der Waals surface area contributed by atoms with Crippen molar-refractivity contribution in [1.29, 1.82) is 0 Å². The van der Waals surface area contributed by atoms with Gasteiger partial charge in [0.2, 0.25) is 5.91 Å². The molecule has 2 N–H and O–H groups in total. The number of imide groups is 1. The molecule has 0 aliphatic carbocycles. The summed E-state index contributed by atoms with van der Waals surface area (Å²) in [5, 5.41) is 13.6. The Labute approximate surface area is 183 Å². The van der Waals surface area contributed by atoms with Crippen molar-refractivity contribution in [1.82, 2.24) is 30.1 Å². The van der Waals surface area contributed by atoms with Gasteiger partial charge >= 0.3 is 6.03 Å². The van der Waals surface area contributed by atoms with Gasteiger partial charge in [-0.2, -0.15) is 0 Å². The molecule has 2 aromatic heterocycles. The Hall–Kier alpha value is -3.82. The van der Waals surface area contributed by atoms with Crippen molar-refractivity contribution in [2.45, 2.75) is 31.7 Å². The number of nitrogens with zero attached hydrogens (tertiary/aromatic N) is 4. The van der Waals surface area contributed by atoms with Crippen LogP contribution in [0.1, 0.15) is 24.2 Å². The second-order valence-electron chi connectivity index (χ2n) is 7.56. The molecule has 166 valence electrons. The number of amides is 4. The zero-order valence-corrected chi connectivity index (χ0v) is 17.3. The predicted molar refractivity (Wildman–Crippen MR) is 113 cm³/mol. The number of carbonyl (C=O) groups excluding carboxylic acids is 3. The molecule has 0 bridgehead atoms. The minimum Gasteiger partial charge on any atom is -0.356 e. The summed E-state index contributed by atoms with van der Waals surface area (Å²) in [5.74, 6) is -0.193. The minimum atomic E-state index is -0.735. The number of hydrogen-bond donors (Lipinski definition) is 2. The molecule has 1 fully saturated rings. The molecule has 1 saturated heterocycles. The quantitative estimate of drug-likeness (QED) is 0.492. The van der Waals surface area contributed by atoms with Crippen LogP contribution < -0.4 is 10.6 Å². The number of fused-ring (bicyclic) bond motifs is 1. The first-order chi connectivity index (χ1) is 15.5. The molecule has 1 aliphatic rings. The monoisotopic (exact) mass is 438 g/mol. The predicted octanol–water partition coefficient (Wildman–Crippen LogP) is 1.47. The highest BCUT2D eigenvalue weighted by Gasteiger charge is 2.37. The van der Waals surface area contributed by atoms with E-state index in [-0.39, 0.29) is 37.0 Å².